The van der Waals surface area contributed by atoms with Crippen LogP contribution in [-0.2, 0) is 30.5 Å². The molecule has 6 heteroatoms. The molecule has 0 N–H and O–H groups in total. The molecule has 5 fully saturated rings. The summed E-state index contributed by atoms with van der Waals surface area (Å²) in [5.74, 6) is 1.04. The van der Waals surface area contributed by atoms with Crippen LogP contribution in [0.2, 0.25) is 0 Å². The highest BCUT2D eigenvalue weighted by Crippen LogP contribution is 2.60. The van der Waals surface area contributed by atoms with E-state index in [1.165, 1.54) is 6.42 Å². The van der Waals surface area contributed by atoms with E-state index in [1.54, 1.807) is 12.4 Å². The lowest BCUT2D eigenvalue weighted by Gasteiger charge is -2.60. The molecular formula is C24H33NO5. The predicted octanol–water partition coefficient (Wildman–Crippen LogP) is 4.22. The molecule has 4 saturated heterocycles. The lowest BCUT2D eigenvalue weighted by Crippen LogP contribution is -2.70. The summed E-state index contributed by atoms with van der Waals surface area (Å²) in [7, 11) is 0. The summed E-state index contributed by atoms with van der Waals surface area (Å²) in [5.41, 5.74) is 0.489. The summed E-state index contributed by atoms with van der Waals surface area (Å²) < 4.78 is 13.0. The minimum absolute atomic E-state index is 0.00683. The van der Waals surface area contributed by atoms with Crippen LogP contribution < -0.4 is 0 Å². The van der Waals surface area contributed by atoms with Gasteiger partial charge >= 0.3 is 0 Å². The molecule has 1 spiro atoms. The maximum atomic E-state index is 12.6. The third kappa shape index (κ3) is 3.32. The third-order valence-corrected chi connectivity index (χ3v) is 8.15. The van der Waals surface area contributed by atoms with Gasteiger partial charge in [0.1, 0.15) is 5.78 Å². The zero-order valence-electron chi connectivity index (χ0n) is 18.2. The van der Waals surface area contributed by atoms with Crippen molar-refractivity contribution in [2.45, 2.75) is 89.5 Å². The van der Waals surface area contributed by atoms with Gasteiger partial charge in [0.15, 0.2) is 11.9 Å². The molecule has 0 unspecified atom stereocenters. The van der Waals surface area contributed by atoms with Crippen LogP contribution in [0.1, 0.15) is 64.9 Å². The number of nitrogens with zero attached hydrogens (tertiary/aromatic N) is 1. The lowest BCUT2D eigenvalue weighted by molar-refractivity contribution is -0.571. The number of fused-ring (bicyclic) bond motifs is 2. The molecule has 5 heterocycles. The molecule has 6 nitrogen and oxygen atoms in total. The van der Waals surface area contributed by atoms with E-state index in [9.17, 15) is 4.79 Å². The first-order valence-corrected chi connectivity index (χ1v) is 11.5. The monoisotopic (exact) mass is 415 g/mol. The predicted molar refractivity (Wildman–Crippen MR) is 109 cm³/mol. The molecule has 0 radical (unpaired) electrons. The number of Topliss-reactive ketones (excluding diaryl/α,β-unsaturated/α-hetero) is 1. The number of carbonyl (C=O) groups is 1. The number of aromatic nitrogens is 1. The fourth-order valence-electron chi connectivity index (χ4n) is 6.43. The van der Waals surface area contributed by atoms with Crippen LogP contribution in [0.15, 0.2) is 24.5 Å². The Morgan fingerprint density at radius 2 is 1.93 bits per heavy atom. The molecule has 0 amide bonds. The van der Waals surface area contributed by atoms with Crippen LogP contribution in [-0.4, -0.2) is 34.5 Å². The smallest absolute Gasteiger partial charge is 0.201 e. The second-order valence-electron chi connectivity index (χ2n) is 10.1. The average molecular weight is 416 g/mol. The number of carbonyl (C=O) groups excluding carboxylic acids is 1. The molecule has 2 bridgehead atoms. The average Bonchev–Trinajstić information content (AvgIpc) is 2.96. The lowest BCUT2D eigenvalue weighted by atomic mass is 9.57. The highest BCUT2D eigenvalue weighted by Gasteiger charge is 2.69. The summed E-state index contributed by atoms with van der Waals surface area (Å²) >= 11 is 0. The maximum Gasteiger partial charge on any atom is 0.201 e. The van der Waals surface area contributed by atoms with Crippen molar-refractivity contribution in [3.63, 3.8) is 0 Å². The van der Waals surface area contributed by atoms with Crippen LogP contribution >= 0.6 is 0 Å². The van der Waals surface area contributed by atoms with E-state index in [4.69, 9.17) is 19.2 Å². The molecule has 5 aliphatic rings. The van der Waals surface area contributed by atoms with Crippen LogP contribution in [0.5, 0.6) is 0 Å². The second-order valence-corrected chi connectivity index (χ2v) is 10.1. The van der Waals surface area contributed by atoms with Crippen LogP contribution in [0.3, 0.4) is 0 Å². The minimum Gasteiger partial charge on any atom is -0.346 e. The summed E-state index contributed by atoms with van der Waals surface area (Å²) in [5, 5.41) is 0. The molecule has 1 aromatic heterocycles. The fraction of sp³-hybridized carbons (Fsp3) is 0.750. The molecule has 1 aromatic rings. The molecule has 1 aliphatic carbocycles. The first-order valence-electron chi connectivity index (χ1n) is 11.5. The quantitative estimate of drug-likeness (QED) is 0.671. The van der Waals surface area contributed by atoms with Gasteiger partial charge in [-0.1, -0.05) is 13.8 Å². The first-order chi connectivity index (χ1) is 14.4. The van der Waals surface area contributed by atoms with Crippen molar-refractivity contribution in [1.82, 2.24) is 4.98 Å². The van der Waals surface area contributed by atoms with Crippen LogP contribution in [0.25, 0.3) is 0 Å². The van der Waals surface area contributed by atoms with Crippen molar-refractivity contribution in [1.29, 1.82) is 0 Å². The van der Waals surface area contributed by atoms with E-state index in [0.29, 0.717) is 36.5 Å². The van der Waals surface area contributed by atoms with Gasteiger partial charge in [0.2, 0.25) is 5.79 Å². The molecule has 8 atom stereocenters. The van der Waals surface area contributed by atoms with E-state index in [-0.39, 0.29) is 11.9 Å². The van der Waals surface area contributed by atoms with Crippen LogP contribution in [0.4, 0.5) is 0 Å². The fourth-order valence-corrected chi connectivity index (χ4v) is 6.43. The van der Waals surface area contributed by atoms with Gasteiger partial charge < -0.3 is 9.47 Å². The summed E-state index contributed by atoms with van der Waals surface area (Å²) in [6.45, 7) is 6.53. The van der Waals surface area contributed by atoms with Gasteiger partial charge in [0.25, 0.3) is 0 Å². The maximum absolute atomic E-state index is 12.6. The Bertz CT molecular complexity index is 787. The minimum atomic E-state index is -0.750. The Labute approximate surface area is 178 Å². The number of hydrogen-bond donors (Lipinski definition) is 0. The summed E-state index contributed by atoms with van der Waals surface area (Å²) in [4.78, 5) is 28.7. The van der Waals surface area contributed by atoms with Gasteiger partial charge in [-0.25, -0.2) is 9.78 Å². The topological polar surface area (TPSA) is 66.9 Å². The van der Waals surface area contributed by atoms with E-state index in [1.807, 2.05) is 19.1 Å². The van der Waals surface area contributed by atoms with E-state index < -0.39 is 17.7 Å². The molecule has 6 rings (SSSR count). The second kappa shape index (κ2) is 7.66. The Kier molecular flexibility index (Phi) is 5.25. The Morgan fingerprint density at radius 1 is 1.13 bits per heavy atom. The van der Waals surface area contributed by atoms with Gasteiger partial charge in [-0.2, -0.15) is 0 Å². The number of pyridine rings is 1. The SMILES string of the molecule is C[C@H]1[C@@H](CCC(=O)Cc2ccncc2)O[C@@H]2O[C@]3(C)CC[C@H]4[C@H](C)CC[C@@H]1[C@@]24OO3. The summed E-state index contributed by atoms with van der Waals surface area (Å²) in [6, 6.07) is 3.80. The Morgan fingerprint density at radius 3 is 2.73 bits per heavy atom. The van der Waals surface area contributed by atoms with Crippen molar-refractivity contribution >= 4 is 5.78 Å². The van der Waals surface area contributed by atoms with Gasteiger partial charge in [0.05, 0.1) is 6.10 Å². The largest absolute Gasteiger partial charge is 0.346 e. The molecule has 30 heavy (non-hydrogen) atoms. The van der Waals surface area contributed by atoms with E-state index in [0.717, 1.165) is 31.2 Å². The van der Waals surface area contributed by atoms with Gasteiger partial charge in [-0.15, -0.1) is 0 Å². The number of ketones is 1. The zero-order valence-corrected chi connectivity index (χ0v) is 18.2. The molecule has 4 aliphatic heterocycles. The third-order valence-electron chi connectivity index (χ3n) is 8.15. The van der Waals surface area contributed by atoms with Crippen molar-refractivity contribution in [3.8, 4) is 0 Å². The van der Waals surface area contributed by atoms with E-state index >= 15 is 0 Å². The van der Waals surface area contributed by atoms with Crippen molar-refractivity contribution in [2.24, 2.45) is 23.7 Å². The number of hydrogen-bond acceptors (Lipinski definition) is 6. The van der Waals surface area contributed by atoms with Gasteiger partial charge in [-0.3, -0.25) is 9.78 Å². The number of rotatable bonds is 5. The van der Waals surface area contributed by atoms with Crippen molar-refractivity contribution < 1.29 is 24.0 Å². The van der Waals surface area contributed by atoms with E-state index in [2.05, 4.69) is 18.8 Å². The Hall–Kier alpha value is -1.34. The number of ether oxygens (including phenoxy) is 2. The highest BCUT2D eigenvalue weighted by atomic mass is 17.3. The van der Waals surface area contributed by atoms with Crippen molar-refractivity contribution in [3.05, 3.63) is 30.1 Å². The zero-order chi connectivity index (χ0) is 20.9. The molecule has 164 valence electrons. The van der Waals surface area contributed by atoms with Gasteiger partial charge in [0, 0.05) is 37.6 Å². The Balaban J connectivity index is 1.32. The van der Waals surface area contributed by atoms with Crippen LogP contribution in [0, 0.1) is 23.7 Å². The summed E-state index contributed by atoms with van der Waals surface area (Å²) in [6.07, 6.45) is 8.85. The first kappa shape index (κ1) is 20.6. The molecule has 0 aromatic carbocycles. The molecular weight excluding hydrogens is 382 g/mol. The normalized spacial score (nSPS) is 44.9. The standard InChI is InChI=1S/C24H33NO5/c1-15-4-6-20-16(2)21(7-5-18(26)14-17-9-12-25-13-10-17)27-22-24(20)19(15)8-11-23(3,28-22)29-30-24/h9-10,12-13,15-16,19-22H,4-8,11,14H2,1-3H3/t15-,16-,19+,20+,21-,22-,23+,24-/m1/s1. The van der Waals surface area contributed by atoms with Gasteiger partial charge in [-0.05, 0) is 68.1 Å². The highest BCUT2D eigenvalue weighted by molar-refractivity contribution is 5.80. The molecule has 1 saturated carbocycles. The van der Waals surface area contributed by atoms with Crippen molar-refractivity contribution in [2.75, 3.05) is 0 Å².